The first-order valence-corrected chi connectivity index (χ1v) is 10.5. The van der Waals surface area contributed by atoms with E-state index >= 15 is 0 Å². The lowest BCUT2D eigenvalue weighted by molar-refractivity contribution is -0.135. The third kappa shape index (κ3) is 5.82. The molecule has 32 heavy (non-hydrogen) atoms. The number of anilines is 3. The number of aromatic nitrogens is 2. The Kier molecular flexibility index (Phi) is 7.77. The molecule has 1 fully saturated rings. The molecule has 3 rings (SSSR count). The molecule has 0 aliphatic carbocycles. The number of amides is 1. The monoisotopic (exact) mass is 439 g/mol. The summed E-state index contributed by atoms with van der Waals surface area (Å²) in [5, 5.41) is 15.7. The number of rotatable bonds is 9. The molecule has 1 aliphatic rings. The standard InChI is InChI=1S/C23H29N5O4/c1-4-18(30)10-16-11-19(32-3)7-8-20(16)26-22-15(2)12-24-23(27-22)25-17-6-5-9-28(13-17)21(31)14-29/h4,7-8,11-12,17,29H,1,5-6,9-10,13-14H2,2-3H3,(H2,24,25,26,27)/t17-/m0/s1. The van der Waals surface area contributed by atoms with Gasteiger partial charge < -0.3 is 25.4 Å². The van der Waals surface area contributed by atoms with Gasteiger partial charge >= 0.3 is 0 Å². The number of ketones is 1. The van der Waals surface area contributed by atoms with Crippen LogP contribution in [0.25, 0.3) is 0 Å². The maximum absolute atomic E-state index is 12.0. The van der Waals surface area contributed by atoms with Crippen LogP contribution >= 0.6 is 0 Å². The van der Waals surface area contributed by atoms with Crippen LogP contribution in [0.1, 0.15) is 24.0 Å². The van der Waals surface area contributed by atoms with Crippen molar-refractivity contribution in [3.05, 3.63) is 48.2 Å². The molecule has 1 atom stereocenters. The number of aliphatic hydroxyl groups excluding tert-OH is 1. The fourth-order valence-electron chi connectivity index (χ4n) is 3.59. The highest BCUT2D eigenvalue weighted by molar-refractivity contribution is 5.92. The van der Waals surface area contributed by atoms with Gasteiger partial charge in [-0.3, -0.25) is 9.59 Å². The Labute approximate surface area is 187 Å². The summed E-state index contributed by atoms with van der Waals surface area (Å²) < 4.78 is 5.29. The van der Waals surface area contributed by atoms with Gasteiger partial charge in [0.25, 0.3) is 0 Å². The quantitative estimate of drug-likeness (QED) is 0.510. The maximum Gasteiger partial charge on any atom is 0.248 e. The lowest BCUT2D eigenvalue weighted by Crippen LogP contribution is -2.46. The summed E-state index contributed by atoms with van der Waals surface area (Å²) in [7, 11) is 1.58. The van der Waals surface area contributed by atoms with E-state index in [0.717, 1.165) is 29.7 Å². The van der Waals surface area contributed by atoms with Crippen LogP contribution < -0.4 is 15.4 Å². The Hall–Kier alpha value is -3.46. The van der Waals surface area contributed by atoms with Crippen LogP contribution in [0.3, 0.4) is 0 Å². The molecule has 1 aliphatic heterocycles. The number of carbonyl (C=O) groups is 2. The van der Waals surface area contributed by atoms with Gasteiger partial charge in [0.2, 0.25) is 11.9 Å². The highest BCUT2D eigenvalue weighted by Crippen LogP contribution is 2.27. The number of methoxy groups -OCH3 is 1. The molecule has 9 nitrogen and oxygen atoms in total. The highest BCUT2D eigenvalue weighted by atomic mass is 16.5. The van der Waals surface area contributed by atoms with E-state index in [1.807, 2.05) is 25.1 Å². The van der Waals surface area contributed by atoms with Crippen molar-refractivity contribution in [1.29, 1.82) is 0 Å². The molecule has 1 aromatic heterocycles. The molecule has 1 amide bonds. The number of ether oxygens (including phenoxy) is 1. The largest absolute Gasteiger partial charge is 0.497 e. The Morgan fingerprint density at radius 2 is 2.22 bits per heavy atom. The number of aryl methyl sites for hydroxylation is 1. The van der Waals surface area contributed by atoms with Gasteiger partial charge in [-0.25, -0.2) is 4.98 Å². The molecule has 1 aromatic carbocycles. The Bertz CT molecular complexity index is 994. The number of nitrogens with zero attached hydrogens (tertiary/aromatic N) is 3. The lowest BCUT2D eigenvalue weighted by Gasteiger charge is -2.32. The van der Waals surface area contributed by atoms with Crippen molar-refractivity contribution in [2.75, 3.05) is 37.4 Å². The molecule has 2 aromatic rings. The highest BCUT2D eigenvalue weighted by Gasteiger charge is 2.23. The average Bonchev–Trinajstić information content (AvgIpc) is 2.81. The average molecular weight is 440 g/mol. The van der Waals surface area contributed by atoms with E-state index in [2.05, 4.69) is 27.2 Å². The molecule has 1 saturated heterocycles. The Morgan fingerprint density at radius 1 is 1.41 bits per heavy atom. The van der Waals surface area contributed by atoms with Gasteiger partial charge in [-0.05, 0) is 49.6 Å². The minimum absolute atomic E-state index is 0.00318. The molecule has 2 heterocycles. The van der Waals surface area contributed by atoms with Gasteiger partial charge in [-0.2, -0.15) is 4.98 Å². The van der Waals surface area contributed by atoms with E-state index in [0.29, 0.717) is 30.6 Å². The van der Waals surface area contributed by atoms with Gasteiger partial charge in [-0.15, -0.1) is 0 Å². The second-order valence-electron chi connectivity index (χ2n) is 7.70. The molecule has 0 saturated carbocycles. The Morgan fingerprint density at radius 3 is 2.94 bits per heavy atom. The summed E-state index contributed by atoms with van der Waals surface area (Å²) in [5.74, 6) is 1.34. The first kappa shape index (κ1) is 23.2. The number of benzene rings is 1. The summed E-state index contributed by atoms with van der Waals surface area (Å²) in [6.45, 7) is 6.09. The molecular weight excluding hydrogens is 410 g/mol. The molecule has 0 unspecified atom stereocenters. The summed E-state index contributed by atoms with van der Waals surface area (Å²) in [6.07, 6.45) is 4.93. The number of aliphatic hydroxyl groups is 1. The van der Waals surface area contributed by atoms with Gasteiger partial charge in [0.05, 0.1) is 7.11 Å². The van der Waals surface area contributed by atoms with E-state index in [9.17, 15) is 9.59 Å². The topological polar surface area (TPSA) is 117 Å². The number of hydrogen-bond donors (Lipinski definition) is 3. The smallest absolute Gasteiger partial charge is 0.248 e. The van der Waals surface area contributed by atoms with Crippen molar-refractivity contribution < 1.29 is 19.4 Å². The van der Waals surface area contributed by atoms with E-state index in [1.165, 1.54) is 6.08 Å². The number of hydrogen-bond acceptors (Lipinski definition) is 8. The summed E-state index contributed by atoms with van der Waals surface area (Å²) in [5.41, 5.74) is 2.35. The second kappa shape index (κ2) is 10.7. The first-order chi connectivity index (χ1) is 15.4. The maximum atomic E-state index is 12.0. The predicted octanol–water partition coefficient (Wildman–Crippen LogP) is 2.23. The third-order valence-corrected chi connectivity index (χ3v) is 5.37. The normalized spacial score (nSPS) is 15.7. The molecule has 170 valence electrons. The number of allylic oxidation sites excluding steroid dienone is 1. The van der Waals surface area contributed by atoms with E-state index < -0.39 is 6.61 Å². The fraction of sp³-hybridized carbons (Fsp3) is 0.391. The minimum atomic E-state index is -0.486. The van der Waals surface area contributed by atoms with E-state index in [4.69, 9.17) is 9.84 Å². The second-order valence-corrected chi connectivity index (χ2v) is 7.70. The van der Waals surface area contributed by atoms with Crippen LogP contribution in [0, 0.1) is 6.92 Å². The number of carbonyl (C=O) groups excluding carboxylic acids is 2. The molecule has 3 N–H and O–H groups in total. The summed E-state index contributed by atoms with van der Waals surface area (Å²) >= 11 is 0. The number of piperidine rings is 1. The van der Waals surface area contributed by atoms with Crippen molar-refractivity contribution in [3.8, 4) is 5.75 Å². The van der Waals surface area contributed by atoms with Crippen LogP contribution in [0.2, 0.25) is 0 Å². The molecule has 0 bridgehead atoms. The zero-order valence-electron chi connectivity index (χ0n) is 18.4. The SMILES string of the molecule is C=CC(=O)Cc1cc(OC)ccc1Nc1nc(N[C@H]2CCCN(C(=O)CO)C2)ncc1C. The van der Waals surface area contributed by atoms with Crippen molar-refractivity contribution in [1.82, 2.24) is 14.9 Å². The van der Waals surface area contributed by atoms with E-state index in [1.54, 1.807) is 18.2 Å². The van der Waals surface area contributed by atoms with E-state index in [-0.39, 0.29) is 24.2 Å². The van der Waals surface area contributed by atoms with Crippen LogP contribution in [0.5, 0.6) is 5.75 Å². The molecular formula is C23H29N5O4. The minimum Gasteiger partial charge on any atom is -0.497 e. The zero-order chi connectivity index (χ0) is 23.1. The Balaban J connectivity index is 1.78. The lowest BCUT2D eigenvalue weighted by atomic mass is 10.1. The number of likely N-dealkylation sites (tertiary alicyclic amines) is 1. The summed E-state index contributed by atoms with van der Waals surface area (Å²) in [4.78, 5) is 34.4. The number of nitrogens with one attached hydrogen (secondary N) is 2. The van der Waals surface area contributed by atoms with Crippen molar-refractivity contribution >= 4 is 29.1 Å². The van der Waals surface area contributed by atoms with Crippen molar-refractivity contribution in [2.45, 2.75) is 32.2 Å². The molecule has 9 heteroatoms. The van der Waals surface area contributed by atoms with Gasteiger partial charge in [-0.1, -0.05) is 6.58 Å². The third-order valence-electron chi connectivity index (χ3n) is 5.37. The summed E-state index contributed by atoms with van der Waals surface area (Å²) in [6, 6.07) is 5.47. The van der Waals surface area contributed by atoms with Crippen LogP contribution in [-0.2, 0) is 16.0 Å². The first-order valence-electron chi connectivity index (χ1n) is 10.5. The van der Waals surface area contributed by atoms with Gasteiger partial charge in [0, 0.05) is 43.0 Å². The fourth-order valence-corrected chi connectivity index (χ4v) is 3.59. The predicted molar refractivity (Wildman–Crippen MR) is 122 cm³/mol. The molecule has 0 radical (unpaired) electrons. The van der Waals surface area contributed by atoms with Crippen molar-refractivity contribution in [3.63, 3.8) is 0 Å². The van der Waals surface area contributed by atoms with Gasteiger partial charge in [0.1, 0.15) is 18.2 Å². The van der Waals surface area contributed by atoms with Gasteiger partial charge in [0.15, 0.2) is 5.78 Å². The van der Waals surface area contributed by atoms with Crippen LogP contribution in [-0.4, -0.2) is 64.5 Å². The van der Waals surface area contributed by atoms with Crippen molar-refractivity contribution in [2.24, 2.45) is 0 Å². The zero-order valence-corrected chi connectivity index (χ0v) is 18.4. The molecule has 0 spiro atoms. The van der Waals surface area contributed by atoms with Crippen LogP contribution in [0.4, 0.5) is 17.5 Å². The van der Waals surface area contributed by atoms with Crippen LogP contribution in [0.15, 0.2) is 37.1 Å².